The first-order valence-electron chi connectivity index (χ1n) is 4.21. The number of aliphatic hydroxyl groups excluding tert-OH is 1. The molecule has 0 radical (unpaired) electrons. The van der Waals surface area contributed by atoms with Crippen molar-refractivity contribution in [2.24, 2.45) is 0 Å². The van der Waals surface area contributed by atoms with Gasteiger partial charge in [0.2, 0.25) is 0 Å². The summed E-state index contributed by atoms with van der Waals surface area (Å²) in [6.07, 6.45) is 3.80. The maximum Gasteiger partial charge on any atom is 0.159 e. The van der Waals surface area contributed by atoms with E-state index in [1.165, 1.54) is 6.08 Å². The van der Waals surface area contributed by atoms with Crippen LogP contribution in [0.5, 0.6) is 0 Å². The Bertz CT molecular complexity index is 335. The van der Waals surface area contributed by atoms with Crippen LogP contribution in [0.3, 0.4) is 0 Å². The summed E-state index contributed by atoms with van der Waals surface area (Å²) in [6, 6.07) is 3.62. The second-order valence-electron chi connectivity index (χ2n) is 3.22. The first kappa shape index (κ1) is 8.10. The fraction of sp³-hybridized carbons (Fsp3) is 0.300. The molecule has 0 spiro atoms. The number of rotatable bonds is 1. The van der Waals surface area contributed by atoms with Crippen LogP contribution in [0.1, 0.15) is 24.5 Å². The van der Waals surface area contributed by atoms with Gasteiger partial charge in [-0.2, -0.15) is 0 Å². The van der Waals surface area contributed by atoms with Crippen LogP contribution in [0.15, 0.2) is 34.6 Å². The summed E-state index contributed by atoms with van der Waals surface area (Å²) in [5.41, 5.74) is 0. The third kappa shape index (κ3) is 1.64. The zero-order valence-corrected chi connectivity index (χ0v) is 7.06. The lowest BCUT2D eigenvalue weighted by atomic mass is 9.90. The normalized spacial score (nSPS) is 22.9. The van der Waals surface area contributed by atoms with E-state index in [9.17, 15) is 9.90 Å². The molecule has 1 heterocycles. The molecule has 1 atom stereocenters. The van der Waals surface area contributed by atoms with Gasteiger partial charge in [-0.1, -0.05) is 0 Å². The minimum absolute atomic E-state index is 0.00694. The van der Waals surface area contributed by atoms with Gasteiger partial charge in [0.05, 0.1) is 12.0 Å². The zero-order valence-electron chi connectivity index (χ0n) is 7.06. The van der Waals surface area contributed by atoms with Gasteiger partial charge in [0.15, 0.2) is 5.78 Å². The highest BCUT2D eigenvalue weighted by atomic mass is 16.3. The van der Waals surface area contributed by atoms with E-state index < -0.39 is 0 Å². The number of carbonyl (C=O) groups excluding carboxylic acids is 1. The number of ketones is 1. The predicted octanol–water partition coefficient (Wildman–Crippen LogP) is 2.17. The SMILES string of the molecule is O=C1C=C(O)CC(c2ccco2)C1. The van der Waals surface area contributed by atoms with E-state index in [0.29, 0.717) is 12.8 Å². The minimum Gasteiger partial charge on any atom is -0.512 e. The van der Waals surface area contributed by atoms with Crippen LogP contribution in [0.4, 0.5) is 0 Å². The summed E-state index contributed by atoms with van der Waals surface area (Å²) in [5.74, 6) is 0.892. The molecule has 3 nitrogen and oxygen atoms in total. The van der Waals surface area contributed by atoms with Crippen molar-refractivity contribution in [3.05, 3.63) is 36.0 Å². The summed E-state index contributed by atoms with van der Waals surface area (Å²) < 4.78 is 5.18. The molecule has 0 amide bonds. The molecule has 0 aliphatic heterocycles. The maximum atomic E-state index is 11.1. The van der Waals surface area contributed by atoms with Crippen molar-refractivity contribution in [1.82, 2.24) is 0 Å². The number of carbonyl (C=O) groups is 1. The Hall–Kier alpha value is -1.51. The average Bonchev–Trinajstić information content (AvgIpc) is 2.53. The smallest absolute Gasteiger partial charge is 0.159 e. The Balaban J connectivity index is 2.20. The molecular formula is C10H10O3. The Morgan fingerprint density at radius 3 is 2.92 bits per heavy atom. The van der Waals surface area contributed by atoms with Gasteiger partial charge in [-0.15, -0.1) is 0 Å². The molecule has 68 valence electrons. The van der Waals surface area contributed by atoms with Crippen LogP contribution < -0.4 is 0 Å². The van der Waals surface area contributed by atoms with Crippen LogP contribution in [0.2, 0.25) is 0 Å². The molecule has 1 aromatic rings. The van der Waals surface area contributed by atoms with Crippen molar-refractivity contribution in [2.45, 2.75) is 18.8 Å². The number of hydrogen-bond acceptors (Lipinski definition) is 3. The number of furan rings is 1. The molecule has 1 aliphatic rings. The summed E-state index contributed by atoms with van der Waals surface area (Å²) in [7, 11) is 0. The largest absolute Gasteiger partial charge is 0.512 e. The van der Waals surface area contributed by atoms with E-state index in [1.54, 1.807) is 12.3 Å². The van der Waals surface area contributed by atoms with Crippen LogP contribution in [-0.2, 0) is 4.79 Å². The minimum atomic E-state index is -0.0369. The van der Waals surface area contributed by atoms with Gasteiger partial charge in [0.1, 0.15) is 5.76 Å². The van der Waals surface area contributed by atoms with Gasteiger partial charge < -0.3 is 9.52 Å². The molecule has 3 heteroatoms. The van der Waals surface area contributed by atoms with E-state index in [-0.39, 0.29) is 17.5 Å². The Morgan fingerprint density at radius 1 is 1.46 bits per heavy atom. The fourth-order valence-corrected chi connectivity index (χ4v) is 1.60. The lowest BCUT2D eigenvalue weighted by Crippen LogP contribution is -2.11. The number of aliphatic hydroxyl groups is 1. The second kappa shape index (κ2) is 3.09. The van der Waals surface area contributed by atoms with Crippen molar-refractivity contribution in [1.29, 1.82) is 0 Å². The summed E-state index contributed by atoms with van der Waals surface area (Å²) >= 11 is 0. The predicted molar refractivity (Wildman–Crippen MR) is 46.4 cm³/mol. The Kier molecular flexibility index (Phi) is 1.93. The summed E-state index contributed by atoms with van der Waals surface area (Å²) in [4.78, 5) is 11.1. The van der Waals surface area contributed by atoms with Crippen molar-refractivity contribution in [2.75, 3.05) is 0 Å². The van der Waals surface area contributed by atoms with E-state index in [1.807, 2.05) is 6.07 Å². The Labute approximate surface area is 75.7 Å². The topological polar surface area (TPSA) is 50.4 Å². The van der Waals surface area contributed by atoms with Gasteiger partial charge in [-0.05, 0) is 12.1 Å². The van der Waals surface area contributed by atoms with Gasteiger partial charge in [0.25, 0.3) is 0 Å². The third-order valence-corrected chi connectivity index (χ3v) is 2.18. The Morgan fingerprint density at radius 2 is 2.31 bits per heavy atom. The van der Waals surface area contributed by atoms with Crippen molar-refractivity contribution >= 4 is 5.78 Å². The van der Waals surface area contributed by atoms with E-state index >= 15 is 0 Å². The van der Waals surface area contributed by atoms with Gasteiger partial charge >= 0.3 is 0 Å². The maximum absolute atomic E-state index is 11.1. The molecule has 1 N–H and O–H groups in total. The van der Waals surface area contributed by atoms with Crippen LogP contribution >= 0.6 is 0 Å². The lowest BCUT2D eigenvalue weighted by molar-refractivity contribution is -0.115. The van der Waals surface area contributed by atoms with Crippen LogP contribution in [0, 0.1) is 0 Å². The van der Waals surface area contributed by atoms with Gasteiger partial charge in [0, 0.05) is 24.8 Å². The average molecular weight is 178 g/mol. The lowest BCUT2D eigenvalue weighted by Gasteiger charge is -2.16. The molecule has 0 aromatic carbocycles. The standard InChI is InChI=1S/C10H10O3/c11-8-4-7(5-9(12)6-8)10-2-1-3-13-10/h1-3,6-7,11H,4-5H2. The molecule has 0 saturated carbocycles. The highest BCUT2D eigenvalue weighted by Crippen LogP contribution is 2.30. The molecule has 0 bridgehead atoms. The zero-order chi connectivity index (χ0) is 9.26. The molecule has 2 rings (SSSR count). The van der Waals surface area contributed by atoms with Gasteiger partial charge in [-0.25, -0.2) is 0 Å². The quantitative estimate of drug-likeness (QED) is 0.716. The van der Waals surface area contributed by atoms with Gasteiger partial charge in [-0.3, -0.25) is 4.79 Å². The van der Waals surface area contributed by atoms with Crippen molar-refractivity contribution < 1.29 is 14.3 Å². The molecule has 13 heavy (non-hydrogen) atoms. The molecule has 1 aliphatic carbocycles. The molecule has 0 saturated heterocycles. The molecular weight excluding hydrogens is 168 g/mol. The molecule has 1 unspecified atom stereocenters. The van der Waals surface area contributed by atoms with E-state index in [4.69, 9.17) is 4.42 Å². The highest BCUT2D eigenvalue weighted by molar-refractivity contribution is 5.91. The first-order chi connectivity index (χ1) is 6.25. The third-order valence-electron chi connectivity index (χ3n) is 2.18. The number of allylic oxidation sites excluding steroid dienone is 2. The van der Waals surface area contributed by atoms with Crippen molar-refractivity contribution in [3.63, 3.8) is 0 Å². The summed E-state index contributed by atoms with van der Waals surface area (Å²) in [5, 5.41) is 9.25. The monoisotopic (exact) mass is 178 g/mol. The van der Waals surface area contributed by atoms with E-state index in [2.05, 4.69) is 0 Å². The second-order valence-corrected chi connectivity index (χ2v) is 3.22. The van der Waals surface area contributed by atoms with E-state index in [0.717, 1.165) is 5.76 Å². The summed E-state index contributed by atoms with van der Waals surface area (Å²) in [6.45, 7) is 0. The highest BCUT2D eigenvalue weighted by Gasteiger charge is 2.23. The van der Waals surface area contributed by atoms with Crippen molar-refractivity contribution in [3.8, 4) is 0 Å². The first-order valence-corrected chi connectivity index (χ1v) is 4.21. The molecule has 1 aromatic heterocycles. The van der Waals surface area contributed by atoms with Crippen LogP contribution in [-0.4, -0.2) is 10.9 Å². The fourth-order valence-electron chi connectivity index (χ4n) is 1.60. The van der Waals surface area contributed by atoms with Crippen LogP contribution in [0.25, 0.3) is 0 Å². The number of hydrogen-bond donors (Lipinski definition) is 1. The molecule has 0 fully saturated rings.